The summed E-state index contributed by atoms with van der Waals surface area (Å²) in [6.07, 6.45) is 35.7. The second-order valence-corrected chi connectivity index (χ2v) is 16.8. The third kappa shape index (κ3) is 113. The Hall–Kier alpha value is -2.80. The molecule has 520 valence electrons. The molecule has 0 saturated heterocycles. The molecular formula is C40H24Cl12Fe8N28O4S4. The van der Waals surface area contributed by atoms with Gasteiger partial charge in [-0.15, -0.1) is 74.4 Å². The summed E-state index contributed by atoms with van der Waals surface area (Å²) >= 11 is 78.8. The van der Waals surface area contributed by atoms with Crippen molar-refractivity contribution in [1.29, 1.82) is 0 Å². The quantitative estimate of drug-likeness (QED) is 0.0773. The van der Waals surface area contributed by atoms with E-state index in [2.05, 4.69) is 171 Å². The van der Waals surface area contributed by atoms with Crippen LogP contribution in [0.5, 0.6) is 0 Å². The molecule has 0 aliphatic heterocycles. The predicted molar refractivity (Wildman–Crippen MR) is 337 cm³/mol. The Balaban J connectivity index is -0.0000000506. The molecule has 0 unspecified atom stereocenters. The SMILES string of the molecule is Clc1cn[n-]c1.Clc1cn[n-]c1.Clc1cn[n-]c1.Clc1cn[n-]c1.Clc1cn[n-]c1.Clc1cn[n-]c1.Clc1cn[n-]c1.Clc1cn[n-]c1.Clc1cn[n-]c1.Clc1cn[n-]c1.Clc1cn[n-]c1.Clc1cn[n-]c1.[Fe+3].[Fe+3].[Fe+3].[Fe+3].[Fe+3].[Fe+3].[Fe+3].[Fe+3].[N-]=C=S.[N-]=C=S.[N-]=C=S.[N-]=C=S.[O-2].[O-2].[O-2].[O-2]. The van der Waals surface area contributed by atoms with Crippen LogP contribution in [-0.2, 0) is 158 Å². The first kappa shape index (κ1) is 133. The van der Waals surface area contributed by atoms with Gasteiger partial charge in [0.05, 0.1) is 0 Å². The third-order valence-electron chi connectivity index (χ3n) is 5.15. The van der Waals surface area contributed by atoms with Crippen molar-refractivity contribution in [3.05, 3.63) is 231 Å². The number of isothiocyanates is 4. The van der Waals surface area contributed by atoms with Gasteiger partial charge in [0, 0.05) is 135 Å². The average Bonchev–Trinajstić information content (AvgIpc) is 4.28. The molecule has 12 heterocycles. The van der Waals surface area contributed by atoms with Crippen molar-refractivity contribution in [2.45, 2.75) is 0 Å². The van der Waals surface area contributed by atoms with Crippen LogP contribution in [0, 0.1) is 0 Å². The number of hydrogen-bond donors (Lipinski definition) is 0. The van der Waals surface area contributed by atoms with Gasteiger partial charge in [0.25, 0.3) is 0 Å². The van der Waals surface area contributed by atoms with E-state index in [1.807, 2.05) is 0 Å². The largest absolute Gasteiger partial charge is 3.00 e. The van der Waals surface area contributed by atoms with Crippen LogP contribution in [0.1, 0.15) is 0 Å². The van der Waals surface area contributed by atoms with Crippen LogP contribution in [0.3, 0.4) is 0 Å². The summed E-state index contributed by atoms with van der Waals surface area (Å²) in [6.45, 7) is 0. The van der Waals surface area contributed by atoms with Gasteiger partial charge in [-0.2, -0.15) is 20.6 Å². The maximum atomic E-state index is 7.13. The van der Waals surface area contributed by atoms with Crippen molar-refractivity contribution in [3.63, 3.8) is 0 Å². The van der Waals surface area contributed by atoms with E-state index in [1.165, 1.54) is 169 Å². The number of rotatable bonds is 0. The van der Waals surface area contributed by atoms with Crippen molar-refractivity contribution >= 4 is 209 Å². The summed E-state index contributed by atoms with van der Waals surface area (Å²) in [7, 11) is 0. The van der Waals surface area contributed by atoms with Crippen molar-refractivity contribution in [3.8, 4) is 0 Å². The molecule has 8 radical (unpaired) electrons. The smallest absolute Gasteiger partial charge is 2.00 e. The molecule has 0 aromatic carbocycles. The zero-order valence-electron chi connectivity index (χ0n) is 45.0. The second-order valence-electron chi connectivity index (χ2n) is 10.9. The minimum atomic E-state index is 0. The molecule has 32 nitrogen and oxygen atoms in total. The van der Waals surface area contributed by atoms with Crippen molar-refractivity contribution in [2.24, 2.45) is 0 Å². The van der Waals surface area contributed by atoms with Crippen molar-refractivity contribution in [1.82, 2.24) is 122 Å². The van der Waals surface area contributed by atoms with Gasteiger partial charge in [-0.1, -0.05) is 188 Å². The van der Waals surface area contributed by atoms with E-state index in [0.29, 0.717) is 60.3 Å². The van der Waals surface area contributed by atoms with Gasteiger partial charge < -0.3 is 166 Å². The predicted octanol–water partition coefficient (Wildman–Crippen LogP) is 10.4. The van der Waals surface area contributed by atoms with Crippen LogP contribution in [-0.4, -0.2) is 81.8 Å². The van der Waals surface area contributed by atoms with Gasteiger partial charge in [-0.25, -0.2) is 0 Å². The van der Waals surface area contributed by atoms with E-state index in [1.54, 1.807) is 0 Å². The summed E-state index contributed by atoms with van der Waals surface area (Å²) in [5.41, 5.74) is 0. The molecule has 56 heteroatoms. The third-order valence-corrected chi connectivity index (χ3v) is 7.49. The fraction of sp³-hybridized carbons (Fsp3) is 0. The standard InChI is InChI=1S/12C3H2ClN2.4CNS.8Fe.4O/c12*4-3-1-5-6-2-3;4*2-1-3;;;;;;;;;;;;/h12*1-2H;;;;;;;;;;;;;;;;/q16*-1;8*+3;4*-2. The number of hydrogen-bond acceptors (Lipinski definition) is 16. The molecular weight excluding hydrogens is 1940 g/mol. The molecule has 0 N–H and O–H groups in total. The van der Waals surface area contributed by atoms with Crippen LogP contribution in [0.15, 0.2) is 149 Å². The minimum absolute atomic E-state index is 0. The fourth-order valence-corrected chi connectivity index (χ4v) is 3.57. The van der Waals surface area contributed by atoms with E-state index < -0.39 is 0 Å². The fourth-order valence-electron chi connectivity index (χ4n) is 2.52. The topological polar surface area (TPSA) is 527 Å². The zero-order valence-corrected chi connectivity index (χ0v) is 66.2. The first-order chi connectivity index (χ1) is 40.4. The Bertz CT molecular complexity index is 2490. The monoisotopic (exact) mass is 1960 g/mol. The van der Waals surface area contributed by atoms with Crippen LogP contribution in [0.2, 0.25) is 60.3 Å². The number of nitrogens with zero attached hydrogens (tertiary/aromatic N) is 28. The van der Waals surface area contributed by atoms with Crippen molar-refractivity contribution < 1.29 is 158 Å². The summed E-state index contributed by atoms with van der Waals surface area (Å²) in [5, 5.41) is 124. The summed E-state index contributed by atoms with van der Waals surface area (Å²) < 4.78 is 0. The number of thiocarbonyl (C=S) groups is 4. The maximum Gasteiger partial charge on any atom is 3.00 e. The van der Waals surface area contributed by atoms with Crippen LogP contribution in [0.4, 0.5) is 0 Å². The van der Waals surface area contributed by atoms with Gasteiger partial charge >= 0.3 is 137 Å². The maximum absolute atomic E-state index is 7.13. The van der Waals surface area contributed by atoms with Gasteiger partial charge in [0.2, 0.25) is 0 Å². The Morgan fingerprint density at radius 2 is 0.250 bits per heavy atom. The molecule has 0 spiro atoms. The molecule has 12 rings (SSSR count). The van der Waals surface area contributed by atoms with Gasteiger partial charge in [-0.05, 0) is 0 Å². The molecule has 0 atom stereocenters. The Morgan fingerprint density at radius 3 is 0.260 bits per heavy atom. The zero-order chi connectivity index (χ0) is 63.7. The molecule has 0 aliphatic rings. The van der Waals surface area contributed by atoms with Gasteiger partial charge in [0.15, 0.2) is 0 Å². The second kappa shape index (κ2) is 106. The Kier molecular flexibility index (Phi) is 146. The summed E-state index contributed by atoms with van der Waals surface area (Å²) in [6, 6.07) is 0. The number of aromatic nitrogens is 24. The van der Waals surface area contributed by atoms with Crippen LogP contribution in [0.25, 0.3) is 21.6 Å². The molecule has 0 amide bonds. The first-order valence-electron chi connectivity index (χ1n) is 19.5. The van der Waals surface area contributed by atoms with E-state index in [-0.39, 0.29) is 158 Å². The van der Waals surface area contributed by atoms with E-state index in [4.69, 9.17) is 161 Å². The number of halogens is 12. The Morgan fingerprint density at radius 1 is 0.198 bits per heavy atom. The van der Waals surface area contributed by atoms with Crippen LogP contribution < -0.4 is 61.2 Å². The molecule has 12 aromatic rings. The van der Waals surface area contributed by atoms with Gasteiger partial charge in [-0.3, -0.25) is 0 Å². The summed E-state index contributed by atoms with van der Waals surface area (Å²) in [4.78, 5) is 0. The first-order valence-corrected chi connectivity index (χ1v) is 25.7. The molecule has 0 bridgehead atoms. The molecule has 0 aliphatic carbocycles. The molecule has 0 saturated carbocycles. The normalized spacial score (nSPS) is 6.96. The van der Waals surface area contributed by atoms with E-state index in [9.17, 15) is 0 Å². The van der Waals surface area contributed by atoms with Crippen molar-refractivity contribution in [2.75, 3.05) is 0 Å². The van der Waals surface area contributed by atoms with E-state index >= 15 is 0 Å². The van der Waals surface area contributed by atoms with Gasteiger partial charge in [0.1, 0.15) is 0 Å². The van der Waals surface area contributed by atoms with Crippen LogP contribution >= 0.6 is 188 Å². The molecule has 0 fully saturated rings. The molecule has 12 aromatic heterocycles. The average molecular weight is 1960 g/mol. The minimum Gasteiger partial charge on any atom is -2.00 e. The van der Waals surface area contributed by atoms with E-state index in [0.717, 1.165) is 0 Å². The Labute approximate surface area is 711 Å². The molecule has 96 heavy (non-hydrogen) atoms. The summed E-state index contributed by atoms with van der Waals surface area (Å²) in [5.74, 6) is 0.